The zero-order valence-electron chi connectivity index (χ0n) is 16.9. The van der Waals surface area contributed by atoms with Crippen LogP contribution in [-0.4, -0.2) is 22.8 Å². The molecule has 1 aromatic carbocycles. The van der Waals surface area contributed by atoms with Crippen molar-refractivity contribution < 1.29 is 9.53 Å². The summed E-state index contributed by atoms with van der Waals surface area (Å²) in [5, 5.41) is 2.08. The zero-order valence-corrected chi connectivity index (χ0v) is 18.5. The maximum Gasteiger partial charge on any atom is 0.229 e. The number of ether oxygens (including phenoxy) is 1. The molecular weight excluding hydrogens is 402 g/mol. The number of hydrogen-bond donors (Lipinski definition) is 0. The summed E-state index contributed by atoms with van der Waals surface area (Å²) in [7, 11) is 1.70. The molecule has 0 spiro atoms. The summed E-state index contributed by atoms with van der Waals surface area (Å²) in [6.45, 7) is 1.23. The monoisotopic (exact) mass is 429 g/mol. The molecule has 4 aliphatic carbocycles. The summed E-state index contributed by atoms with van der Waals surface area (Å²) < 4.78 is 5.57. The van der Waals surface area contributed by atoms with Crippen molar-refractivity contribution in [2.24, 2.45) is 17.3 Å². The first-order valence-electron chi connectivity index (χ1n) is 10.6. The van der Waals surface area contributed by atoms with Crippen molar-refractivity contribution in [1.82, 2.24) is 4.90 Å². The van der Waals surface area contributed by atoms with E-state index >= 15 is 0 Å². The highest BCUT2D eigenvalue weighted by Gasteiger charge is 2.60. The van der Waals surface area contributed by atoms with E-state index in [1.165, 1.54) is 11.3 Å². The van der Waals surface area contributed by atoms with E-state index in [9.17, 15) is 4.79 Å². The van der Waals surface area contributed by atoms with Crippen LogP contribution in [0.1, 0.15) is 49.0 Å². The third-order valence-corrected chi connectivity index (χ3v) is 8.51. The van der Waals surface area contributed by atoms with E-state index < -0.39 is 0 Å². The molecule has 4 bridgehead atoms. The predicted molar refractivity (Wildman–Crippen MR) is 117 cm³/mol. The fraction of sp³-hybridized carbons (Fsp3) is 0.542. The fourth-order valence-corrected chi connectivity index (χ4v) is 7.98. The van der Waals surface area contributed by atoms with Crippen LogP contribution in [-0.2, 0) is 17.9 Å². The van der Waals surface area contributed by atoms with Crippen LogP contribution in [0.3, 0.4) is 0 Å². The molecule has 1 aromatic heterocycles. The fourth-order valence-electron chi connectivity index (χ4n) is 6.57. The van der Waals surface area contributed by atoms with Gasteiger partial charge in [0.15, 0.2) is 0 Å². The quantitative estimate of drug-likeness (QED) is 0.538. The molecule has 1 heterocycles. The summed E-state index contributed by atoms with van der Waals surface area (Å²) in [6, 6.07) is 12.2. The van der Waals surface area contributed by atoms with Gasteiger partial charge in [-0.05, 0) is 67.9 Å². The average molecular weight is 430 g/mol. The molecule has 3 nitrogen and oxygen atoms in total. The second-order valence-corrected chi connectivity index (χ2v) is 11.3. The molecule has 2 unspecified atom stereocenters. The number of rotatable bonds is 6. The zero-order chi connectivity index (χ0) is 20.1. The molecule has 2 atom stereocenters. The molecule has 6 rings (SSSR count). The summed E-state index contributed by atoms with van der Waals surface area (Å²) in [4.78, 5) is 17.2. The molecule has 0 aliphatic heterocycles. The number of halogens is 1. The molecule has 4 fully saturated rings. The number of carbonyl (C=O) groups excluding carboxylic acids is 1. The average Bonchev–Trinajstić information content (AvgIpc) is 3.18. The number of thiophene rings is 1. The third kappa shape index (κ3) is 3.59. The Morgan fingerprint density at radius 2 is 1.90 bits per heavy atom. The van der Waals surface area contributed by atoms with Crippen LogP contribution >= 0.6 is 22.9 Å². The first-order chi connectivity index (χ1) is 14.0. The highest BCUT2D eigenvalue weighted by atomic mass is 35.5. The van der Waals surface area contributed by atoms with Gasteiger partial charge in [0.1, 0.15) is 5.75 Å². The number of alkyl halides is 1. The number of carbonyl (C=O) groups is 1. The highest BCUT2D eigenvalue weighted by Crippen LogP contribution is 2.64. The Balaban J connectivity index is 1.46. The Morgan fingerprint density at radius 3 is 2.55 bits per heavy atom. The second-order valence-electron chi connectivity index (χ2n) is 9.44. The van der Waals surface area contributed by atoms with Crippen LogP contribution in [0.2, 0.25) is 0 Å². The molecule has 0 saturated heterocycles. The van der Waals surface area contributed by atoms with Crippen molar-refractivity contribution in [1.29, 1.82) is 0 Å². The van der Waals surface area contributed by atoms with E-state index in [-0.39, 0.29) is 10.3 Å². The Hall–Kier alpha value is -1.52. The highest BCUT2D eigenvalue weighted by molar-refractivity contribution is 7.09. The largest absolute Gasteiger partial charge is 0.496 e. The minimum Gasteiger partial charge on any atom is -0.496 e. The second kappa shape index (κ2) is 7.31. The summed E-state index contributed by atoms with van der Waals surface area (Å²) >= 11 is 8.75. The summed E-state index contributed by atoms with van der Waals surface area (Å²) in [5.41, 5.74) is 0.788. The van der Waals surface area contributed by atoms with Crippen LogP contribution in [0, 0.1) is 17.3 Å². The molecule has 4 saturated carbocycles. The smallest absolute Gasteiger partial charge is 0.229 e. The van der Waals surface area contributed by atoms with Crippen molar-refractivity contribution in [3.05, 3.63) is 52.2 Å². The first kappa shape index (κ1) is 19.4. The number of nitrogens with zero attached hydrogens (tertiary/aromatic N) is 1. The van der Waals surface area contributed by atoms with Crippen LogP contribution in [0.4, 0.5) is 0 Å². The lowest BCUT2D eigenvalue weighted by atomic mass is 9.49. The van der Waals surface area contributed by atoms with Gasteiger partial charge in [0.2, 0.25) is 5.91 Å². The third-order valence-electron chi connectivity index (χ3n) is 7.21. The Bertz CT molecular complexity index is 882. The lowest BCUT2D eigenvalue weighted by Crippen LogP contribution is -2.58. The van der Waals surface area contributed by atoms with Crippen LogP contribution in [0.15, 0.2) is 41.8 Å². The van der Waals surface area contributed by atoms with Gasteiger partial charge in [-0.15, -0.1) is 22.9 Å². The van der Waals surface area contributed by atoms with Crippen LogP contribution < -0.4 is 4.74 Å². The molecule has 2 aromatic rings. The predicted octanol–water partition coefficient (Wildman–Crippen LogP) is 5.86. The number of para-hydroxylation sites is 1. The normalized spacial score (nSPS) is 32.3. The van der Waals surface area contributed by atoms with Gasteiger partial charge in [-0.3, -0.25) is 4.79 Å². The topological polar surface area (TPSA) is 29.5 Å². The maximum atomic E-state index is 14.1. The Labute approximate surface area is 182 Å². The van der Waals surface area contributed by atoms with Gasteiger partial charge in [0, 0.05) is 21.9 Å². The number of amides is 1. The van der Waals surface area contributed by atoms with Crippen molar-refractivity contribution in [3.63, 3.8) is 0 Å². The number of benzene rings is 1. The Morgan fingerprint density at radius 1 is 1.14 bits per heavy atom. The van der Waals surface area contributed by atoms with E-state index in [1.54, 1.807) is 18.4 Å². The molecule has 154 valence electrons. The summed E-state index contributed by atoms with van der Waals surface area (Å²) in [6.07, 6.45) is 6.34. The van der Waals surface area contributed by atoms with Crippen LogP contribution in [0.5, 0.6) is 5.75 Å². The van der Waals surface area contributed by atoms with Crippen molar-refractivity contribution in [3.8, 4) is 5.75 Å². The minimum absolute atomic E-state index is 0.154. The van der Waals surface area contributed by atoms with Gasteiger partial charge in [0.05, 0.1) is 19.1 Å². The van der Waals surface area contributed by atoms with Crippen molar-refractivity contribution in [2.45, 2.75) is 56.5 Å². The molecule has 0 radical (unpaired) electrons. The van der Waals surface area contributed by atoms with Gasteiger partial charge in [-0.1, -0.05) is 24.3 Å². The number of methoxy groups -OCH3 is 1. The lowest BCUT2D eigenvalue weighted by Gasteiger charge is -2.59. The van der Waals surface area contributed by atoms with Gasteiger partial charge in [0.25, 0.3) is 0 Å². The molecule has 4 aliphatic rings. The Kier molecular flexibility index (Phi) is 4.90. The molecule has 0 N–H and O–H groups in total. The van der Waals surface area contributed by atoms with Gasteiger partial charge >= 0.3 is 0 Å². The van der Waals surface area contributed by atoms with Gasteiger partial charge in [-0.2, -0.15) is 0 Å². The lowest BCUT2D eigenvalue weighted by molar-refractivity contribution is -0.157. The summed E-state index contributed by atoms with van der Waals surface area (Å²) in [5.74, 6) is 2.38. The van der Waals surface area contributed by atoms with Gasteiger partial charge < -0.3 is 9.64 Å². The number of hydrogen-bond acceptors (Lipinski definition) is 3. The van der Waals surface area contributed by atoms with E-state index in [1.807, 2.05) is 18.2 Å². The molecular formula is C24H28ClNO2S. The van der Waals surface area contributed by atoms with Gasteiger partial charge in [-0.25, -0.2) is 0 Å². The van der Waals surface area contributed by atoms with Crippen molar-refractivity contribution >= 4 is 28.8 Å². The van der Waals surface area contributed by atoms with E-state index in [0.29, 0.717) is 30.8 Å². The van der Waals surface area contributed by atoms with E-state index in [2.05, 4.69) is 28.5 Å². The standard InChI is InChI=1S/C24H28ClNO2S/c1-28-21-7-3-2-5-19(21)14-26(15-20-6-4-8-29-20)22(27)23-10-17-9-18(11-23)13-24(25,12-17)16-23/h2-8,17-18H,9-16H2,1H3. The van der Waals surface area contributed by atoms with E-state index in [4.69, 9.17) is 16.3 Å². The molecule has 29 heavy (non-hydrogen) atoms. The maximum absolute atomic E-state index is 14.1. The van der Waals surface area contributed by atoms with Crippen molar-refractivity contribution in [2.75, 3.05) is 7.11 Å². The van der Waals surface area contributed by atoms with Crippen LogP contribution in [0.25, 0.3) is 0 Å². The first-order valence-corrected chi connectivity index (χ1v) is 11.9. The minimum atomic E-state index is -0.273. The molecule has 5 heteroatoms. The molecule has 1 amide bonds. The van der Waals surface area contributed by atoms with E-state index in [0.717, 1.165) is 43.4 Å². The SMILES string of the molecule is COc1ccccc1CN(Cc1cccs1)C(=O)C12CC3CC(CC(Cl)(C3)C1)C2.